The summed E-state index contributed by atoms with van der Waals surface area (Å²) in [6.07, 6.45) is 4.04. The van der Waals surface area contributed by atoms with Crippen LogP contribution in [0.1, 0.15) is 36.8 Å². The molecule has 12 nitrogen and oxygen atoms in total. The van der Waals surface area contributed by atoms with Gasteiger partial charge in [0.05, 0.1) is 22.3 Å². The van der Waals surface area contributed by atoms with Crippen molar-refractivity contribution in [2.24, 2.45) is 10.2 Å². The van der Waals surface area contributed by atoms with Crippen LogP contribution in [0.4, 0.5) is 11.4 Å². The molecule has 0 saturated carbocycles. The number of nitrogens with zero attached hydrogens (tertiary/aromatic N) is 4. The Morgan fingerprint density at radius 2 is 1.06 bits per heavy atom. The molecule has 0 radical (unpaired) electrons. The maximum Gasteiger partial charge on any atom is 0.269 e. The second kappa shape index (κ2) is 12.3. The zero-order chi connectivity index (χ0) is 23.3. The number of benzene rings is 2. The first-order chi connectivity index (χ1) is 15.3. The van der Waals surface area contributed by atoms with Crippen LogP contribution in [-0.2, 0) is 9.59 Å². The number of nitro benzene ring substituents is 2. The third-order valence-electron chi connectivity index (χ3n) is 4.07. The summed E-state index contributed by atoms with van der Waals surface area (Å²) in [6, 6.07) is 11.4. The predicted molar refractivity (Wildman–Crippen MR) is 116 cm³/mol. The van der Waals surface area contributed by atoms with Crippen molar-refractivity contribution >= 4 is 35.6 Å². The number of hydrogen-bond acceptors (Lipinski definition) is 8. The molecule has 0 saturated heterocycles. The van der Waals surface area contributed by atoms with E-state index in [0.29, 0.717) is 24.0 Å². The molecule has 0 aromatic heterocycles. The van der Waals surface area contributed by atoms with Crippen LogP contribution in [0.25, 0.3) is 0 Å². The van der Waals surface area contributed by atoms with Gasteiger partial charge in [-0.1, -0.05) is 0 Å². The lowest BCUT2D eigenvalue weighted by Gasteiger charge is -2.01. The summed E-state index contributed by atoms with van der Waals surface area (Å²) in [5.74, 6) is -0.639. The normalized spacial score (nSPS) is 10.9. The lowest BCUT2D eigenvalue weighted by Crippen LogP contribution is -2.19. The second-order valence-electron chi connectivity index (χ2n) is 6.49. The van der Waals surface area contributed by atoms with Crippen LogP contribution in [0.5, 0.6) is 0 Å². The van der Waals surface area contributed by atoms with E-state index in [4.69, 9.17) is 0 Å². The molecule has 2 amide bonds. The van der Waals surface area contributed by atoms with Gasteiger partial charge in [0.1, 0.15) is 0 Å². The number of carbonyl (C=O) groups excluding carboxylic acids is 2. The Kier molecular flexibility index (Phi) is 9.12. The van der Waals surface area contributed by atoms with Gasteiger partial charge >= 0.3 is 0 Å². The molecule has 2 N–H and O–H groups in total. The number of carbonyl (C=O) groups is 2. The molecule has 0 aliphatic carbocycles. The molecule has 0 fully saturated rings. The Hall–Kier alpha value is -4.48. The van der Waals surface area contributed by atoms with Gasteiger partial charge in [-0.25, -0.2) is 10.9 Å². The number of rotatable bonds is 11. The van der Waals surface area contributed by atoms with Crippen LogP contribution >= 0.6 is 0 Å². The quantitative estimate of drug-likeness (QED) is 0.235. The molecular weight excluding hydrogens is 420 g/mol. The molecule has 32 heavy (non-hydrogen) atoms. The number of nitrogens with one attached hydrogen (secondary N) is 2. The van der Waals surface area contributed by atoms with E-state index in [1.165, 1.54) is 61.0 Å². The molecule has 2 aromatic rings. The zero-order valence-electron chi connectivity index (χ0n) is 16.8. The Balaban J connectivity index is 1.60. The summed E-state index contributed by atoms with van der Waals surface area (Å²) in [5.41, 5.74) is 5.83. The number of non-ortho nitro benzene ring substituents is 2. The van der Waals surface area contributed by atoms with Gasteiger partial charge in [-0.05, 0) is 48.2 Å². The van der Waals surface area contributed by atoms with Crippen LogP contribution in [0.15, 0.2) is 58.7 Å². The van der Waals surface area contributed by atoms with Crippen LogP contribution in [-0.4, -0.2) is 34.1 Å². The number of hydrazone groups is 2. The third-order valence-corrected chi connectivity index (χ3v) is 4.07. The molecule has 0 unspecified atom stereocenters. The molecule has 2 rings (SSSR count). The Labute approximate surface area is 182 Å². The summed E-state index contributed by atoms with van der Waals surface area (Å²) in [7, 11) is 0. The van der Waals surface area contributed by atoms with Crippen molar-refractivity contribution in [1.82, 2.24) is 10.9 Å². The van der Waals surface area contributed by atoms with Gasteiger partial charge in [-0.3, -0.25) is 29.8 Å². The van der Waals surface area contributed by atoms with Gasteiger partial charge in [0.2, 0.25) is 11.8 Å². The number of unbranched alkanes of at least 4 members (excludes halogenated alkanes) is 1. The van der Waals surface area contributed by atoms with E-state index in [1.54, 1.807) is 0 Å². The average Bonchev–Trinajstić information content (AvgIpc) is 2.77. The standard InChI is InChI=1S/C20H20N6O6/c27-19(23-21-13-15-5-9-17(10-6-15)25(29)30)3-1-2-4-20(28)24-22-14-16-7-11-18(12-8-16)26(31)32/h5-14H,1-4H2,(H,23,27)(H,24,28)/b21-13-,22-14-. The topological polar surface area (TPSA) is 169 Å². The first-order valence-electron chi connectivity index (χ1n) is 9.48. The van der Waals surface area contributed by atoms with Gasteiger partial charge in [0.25, 0.3) is 11.4 Å². The van der Waals surface area contributed by atoms with Gasteiger partial charge < -0.3 is 0 Å². The molecule has 166 valence electrons. The second-order valence-corrected chi connectivity index (χ2v) is 6.49. The zero-order valence-corrected chi connectivity index (χ0v) is 16.8. The van der Waals surface area contributed by atoms with Crippen LogP contribution in [0.3, 0.4) is 0 Å². The van der Waals surface area contributed by atoms with Crippen molar-refractivity contribution in [1.29, 1.82) is 0 Å². The van der Waals surface area contributed by atoms with E-state index in [1.807, 2.05) is 0 Å². The van der Waals surface area contributed by atoms with Crippen molar-refractivity contribution in [2.75, 3.05) is 0 Å². The fraction of sp³-hybridized carbons (Fsp3) is 0.200. The highest BCUT2D eigenvalue weighted by Crippen LogP contribution is 2.11. The van der Waals surface area contributed by atoms with Crippen molar-refractivity contribution in [3.05, 3.63) is 79.9 Å². The Morgan fingerprint density at radius 1 is 0.719 bits per heavy atom. The Morgan fingerprint density at radius 3 is 1.38 bits per heavy atom. The van der Waals surface area contributed by atoms with Crippen molar-refractivity contribution in [3.8, 4) is 0 Å². The molecule has 0 atom stereocenters. The number of amides is 2. The lowest BCUT2D eigenvalue weighted by molar-refractivity contribution is -0.385. The number of hydrogen-bond donors (Lipinski definition) is 2. The minimum absolute atomic E-state index is 0.0349. The lowest BCUT2D eigenvalue weighted by atomic mass is 10.2. The number of nitro groups is 2. The molecular formula is C20H20N6O6. The Bertz CT molecular complexity index is 934. The monoisotopic (exact) mass is 440 g/mol. The first-order valence-corrected chi connectivity index (χ1v) is 9.48. The summed E-state index contributed by atoms with van der Waals surface area (Å²) in [5, 5.41) is 28.7. The molecule has 0 aliphatic rings. The SMILES string of the molecule is O=C(CCCCC(=O)N/N=C\c1ccc([N+](=O)[O-])cc1)N/N=C\c1ccc([N+](=O)[O-])cc1. The van der Waals surface area contributed by atoms with E-state index in [9.17, 15) is 29.8 Å². The third kappa shape index (κ3) is 8.49. The van der Waals surface area contributed by atoms with E-state index < -0.39 is 9.85 Å². The maximum absolute atomic E-state index is 11.7. The molecule has 0 bridgehead atoms. The van der Waals surface area contributed by atoms with Gasteiger partial charge in [-0.2, -0.15) is 10.2 Å². The smallest absolute Gasteiger partial charge is 0.269 e. The van der Waals surface area contributed by atoms with Crippen LogP contribution in [0.2, 0.25) is 0 Å². The molecule has 12 heteroatoms. The maximum atomic E-state index is 11.7. The van der Waals surface area contributed by atoms with Crippen LogP contribution < -0.4 is 10.9 Å². The summed E-state index contributed by atoms with van der Waals surface area (Å²) in [6.45, 7) is 0. The van der Waals surface area contributed by atoms with E-state index in [-0.39, 0.29) is 36.0 Å². The average molecular weight is 440 g/mol. The van der Waals surface area contributed by atoms with E-state index >= 15 is 0 Å². The highest BCUT2D eigenvalue weighted by Gasteiger charge is 2.05. The van der Waals surface area contributed by atoms with Gasteiger partial charge in [0.15, 0.2) is 0 Å². The van der Waals surface area contributed by atoms with Crippen LogP contribution in [0, 0.1) is 20.2 Å². The molecule has 0 aliphatic heterocycles. The van der Waals surface area contributed by atoms with Gasteiger partial charge in [-0.15, -0.1) is 0 Å². The van der Waals surface area contributed by atoms with Crippen molar-refractivity contribution < 1.29 is 19.4 Å². The predicted octanol–water partition coefficient (Wildman–Crippen LogP) is 2.66. The molecule has 2 aromatic carbocycles. The largest absolute Gasteiger partial charge is 0.273 e. The first kappa shape index (κ1) is 23.8. The molecule has 0 spiro atoms. The minimum atomic E-state index is -0.506. The highest BCUT2D eigenvalue weighted by molar-refractivity contribution is 5.83. The van der Waals surface area contributed by atoms with E-state index in [0.717, 1.165) is 0 Å². The van der Waals surface area contributed by atoms with Gasteiger partial charge in [0, 0.05) is 37.1 Å². The summed E-state index contributed by atoms with van der Waals surface area (Å²) < 4.78 is 0. The fourth-order valence-electron chi connectivity index (χ4n) is 2.40. The highest BCUT2D eigenvalue weighted by atomic mass is 16.6. The van der Waals surface area contributed by atoms with Crippen molar-refractivity contribution in [3.63, 3.8) is 0 Å². The summed E-state index contributed by atoms with van der Waals surface area (Å²) in [4.78, 5) is 43.6. The fourth-order valence-corrected chi connectivity index (χ4v) is 2.40. The van der Waals surface area contributed by atoms with Crippen molar-refractivity contribution in [2.45, 2.75) is 25.7 Å². The summed E-state index contributed by atoms with van der Waals surface area (Å²) >= 11 is 0. The minimum Gasteiger partial charge on any atom is -0.273 e. The molecule has 0 heterocycles. The van der Waals surface area contributed by atoms with E-state index in [2.05, 4.69) is 21.1 Å².